The van der Waals surface area contributed by atoms with E-state index in [0.717, 1.165) is 5.56 Å². The molecule has 0 fully saturated rings. The van der Waals surface area contributed by atoms with Crippen molar-refractivity contribution in [2.45, 2.75) is 19.4 Å². The highest BCUT2D eigenvalue weighted by Gasteiger charge is 2.16. The Balaban J connectivity index is 1.78. The highest BCUT2D eigenvalue weighted by Crippen LogP contribution is 2.19. The lowest BCUT2D eigenvalue weighted by Gasteiger charge is -2.13. The Hall–Kier alpha value is -1.56. The number of halogens is 2. The average Bonchev–Trinajstić information content (AvgIpc) is 3.00. The van der Waals surface area contributed by atoms with Crippen LogP contribution >= 0.6 is 34.5 Å². The number of hydrogen-bond donors (Lipinski definition) is 2. The fourth-order valence-corrected chi connectivity index (χ4v) is 3.18. The monoisotopic (exact) mass is 370 g/mol. The molecular formula is C16H16Cl2N2O2S. The third-order valence-electron chi connectivity index (χ3n) is 3.12. The normalized spacial score (nSPS) is 11.8. The number of hydrogen-bond acceptors (Lipinski definition) is 3. The van der Waals surface area contributed by atoms with Gasteiger partial charge in [-0.15, -0.1) is 11.3 Å². The molecule has 4 nitrogen and oxygen atoms in total. The van der Waals surface area contributed by atoms with E-state index in [-0.39, 0.29) is 11.8 Å². The zero-order chi connectivity index (χ0) is 16.8. The zero-order valence-corrected chi connectivity index (χ0v) is 14.8. The van der Waals surface area contributed by atoms with E-state index in [2.05, 4.69) is 10.6 Å². The van der Waals surface area contributed by atoms with Crippen molar-refractivity contribution in [2.24, 2.45) is 0 Å². The Morgan fingerprint density at radius 1 is 1.22 bits per heavy atom. The number of nitrogens with one attached hydrogen (secondary N) is 2. The van der Waals surface area contributed by atoms with Crippen LogP contribution in [0.3, 0.4) is 0 Å². The van der Waals surface area contributed by atoms with Gasteiger partial charge in [0.05, 0.1) is 4.88 Å². The van der Waals surface area contributed by atoms with E-state index in [1.54, 1.807) is 25.1 Å². The van der Waals surface area contributed by atoms with Crippen LogP contribution in [0.1, 0.15) is 22.2 Å². The summed E-state index contributed by atoms with van der Waals surface area (Å²) in [7, 11) is 0. The molecule has 0 bridgehead atoms. The van der Waals surface area contributed by atoms with Gasteiger partial charge in [-0.1, -0.05) is 29.3 Å². The van der Waals surface area contributed by atoms with Gasteiger partial charge in [-0.25, -0.2) is 0 Å². The topological polar surface area (TPSA) is 58.2 Å². The van der Waals surface area contributed by atoms with Crippen LogP contribution in [0, 0.1) is 0 Å². The standard InChI is InChI=1S/C16H16Cl2N2O2S/c1-10(20-16(22)14-3-2-6-23-14)15(21)19-5-4-11-7-12(17)9-13(18)8-11/h2-3,6-10H,4-5H2,1H3,(H,19,21)(H,20,22). The van der Waals surface area contributed by atoms with Crippen molar-refractivity contribution in [1.29, 1.82) is 0 Å². The summed E-state index contributed by atoms with van der Waals surface area (Å²) in [5.41, 5.74) is 0.943. The Bertz CT molecular complexity index is 669. The van der Waals surface area contributed by atoms with Crippen molar-refractivity contribution in [3.8, 4) is 0 Å². The first-order chi connectivity index (χ1) is 11.0. The largest absolute Gasteiger partial charge is 0.354 e. The summed E-state index contributed by atoms with van der Waals surface area (Å²) in [6.45, 7) is 2.09. The van der Waals surface area contributed by atoms with Crippen LogP contribution < -0.4 is 10.6 Å². The van der Waals surface area contributed by atoms with Crippen molar-refractivity contribution in [1.82, 2.24) is 10.6 Å². The van der Waals surface area contributed by atoms with Crippen molar-refractivity contribution >= 4 is 46.4 Å². The van der Waals surface area contributed by atoms with Gasteiger partial charge in [0.2, 0.25) is 5.91 Å². The second kappa shape index (κ2) is 8.34. The summed E-state index contributed by atoms with van der Waals surface area (Å²) in [4.78, 5) is 24.5. The van der Waals surface area contributed by atoms with Gasteiger partial charge in [-0.3, -0.25) is 9.59 Å². The minimum absolute atomic E-state index is 0.233. The summed E-state index contributed by atoms with van der Waals surface area (Å²) in [5, 5.41) is 8.40. The van der Waals surface area contributed by atoms with Crippen LogP contribution in [0.4, 0.5) is 0 Å². The second-order valence-electron chi connectivity index (χ2n) is 4.99. The van der Waals surface area contributed by atoms with E-state index in [1.807, 2.05) is 17.5 Å². The lowest BCUT2D eigenvalue weighted by atomic mass is 10.1. The third-order valence-corrected chi connectivity index (χ3v) is 4.43. The predicted octanol–water partition coefficient (Wildman–Crippen LogP) is 3.53. The van der Waals surface area contributed by atoms with Crippen molar-refractivity contribution in [3.05, 3.63) is 56.2 Å². The first-order valence-corrected chi connectivity index (χ1v) is 8.66. The summed E-state index contributed by atoms with van der Waals surface area (Å²) in [5.74, 6) is -0.479. The second-order valence-corrected chi connectivity index (χ2v) is 6.81. The highest BCUT2D eigenvalue weighted by atomic mass is 35.5. The lowest BCUT2D eigenvalue weighted by Crippen LogP contribution is -2.45. The van der Waals surface area contributed by atoms with Gasteiger partial charge in [0.1, 0.15) is 6.04 Å². The molecule has 0 saturated carbocycles. The summed E-state index contributed by atoms with van der Waals surface area (Å²) >= 11 is 13.2. The maximum absolute atomic E-state index is 12.0. The molecule has 23 heavy (non-hydrogen) atoms. The molecule has 1 aromatic carbocycles. The molecule has 0 aliphatic heterocycles. The summed E-state index contributed by atoms with van der Waals surface area (Å²) < 4.78 is 0. The molecule has 1 heterocycles. The SMILES string of the molecule is CC(NC(=O)c1cccs1)C(=O)NCCc1cc(Cl)cc(Cl)c1. The maximum atomic E-state index is 12.0. The van der Waals surface area contributed by atoms with Crippen LogP contribution in [0.25, 0.3) is 0 Å². The molecular weight excluding hydrogens is 355 g/mol. The summed E-state index contributed by atoms with van der Waals surface area (Å²) in [6, 6.07) is 8.18. The Labute approximate surface area is 148 Å². The number of thiophene rings is 1. The Morgan fingerprint density at radius 2 is 1.91 bits per heavy atom. The first kappa shape index (κ1) is 17.8. The van der Waals surface area contributed by atoms with Crippen LogP contribution in [-0.4, -0.2) is 24.4 Å². The van der Waals surface area contributed by atoms with Crippen LogP contribution in [-0.2, 0) is 11.2 Å². The first-order valence-electron chi connectivity index (χ1n) is 7.03. The van der Waals surface area contributed by atoms with E-state index < -0.39 is 6.04 Å². The predicted molar refractivity (Wildman–Crippen MR) is 94.4 cm³/mol. The Kier molecular flexibility index (Phi) is 6.45. The van der Waals surface area contributed by atoms with Gasteiger partial charge >= 0.3 is 0 Å². The fourth-order valence-electron chi connectivity index (χ4n) is 1.98. The minimum atomic E-state index is -0.604. The van der Waals surface area contributed by atoms with E-state index >= 15 is 0 Å². The molecule has 0 saturated heterocycles. The van der Waals surface area contributed by atoms with E-state index in [4.69, 9.17) is 23.2 Å². The fraction of sp³-hybridized carbons (Fsp3) is 0.250. The van der Waals surface area contributed by atoms with Crippen molar-refractivity contribution in [2.75, 3.05) is 6.54 Å². The van der Waals surface area contributed by atoms with Gasteiger partial charge in [0, 0.05) is 16.6 Å². The molecule has 122 valence electrons. The quantitative estimate of drug-likeness (QED) is 0.816. The van der Waals surface area contributed by atoms with Gasteiger partial charge < -0.3 is 10.6 Å². The van der Waals surface area contributed by atoms with Gasteiger partial charge in [-0.05, 0) is 48.6 Å². The highest BCUT2D eigenvalue weighted by molar-refractivity contribution is 7.12. The molecule has 1 unspecified atom stereocenters. The number of carbonyl (C=O) groups is 2. The van der Waals surface area contributed by atoms with Gasteiger partial charge in [0.25, 0.3) is 5.91 Å². The molecule has 2 aromatic rings. The maximum Gasteiger partial charge on any atom is 0.261 e. The molecule has 0 radical (unpaired) electrons. The van der Waals surface area contributed by atoms with Crippen molar-refractivity contribution < 1.29 is 9.59 Å². The number of benzene rings is 1. The van der Waals surface area contributed by atoms with E-state index in [0.29, 0.717) is 27.9 Å². The smallest absolute Gasteiger partial charge is 0.261 e. The van der Waals surface area contributed by atoms with Gasteiger partial charge in [-0.2, -0.15) is 0 Å². The third kappa shape index (κ3) is 5.53. The van der Waals surface area contributed by atoms with Crippen LogP contribution in [0.2, 0.25) is 10.0 Å². The number of rotatable bonds is 6. The molecule has 2 amide bonds. The van der Waals surface area contributed by atoms with Crippen molar-refractivity contribution in [3.63, 3.8) is 0 Å². The average molecular weight is 371 g/mol. The molecule has 2 rings (SSSR count). The molecule has 2 N–H and O–H groups in total. The minimum Gasteiger partial charge on any atom is -0.354 e. The molecule has 1 aromatic heterocycles. The molecule has 7 heteroatoms. The van der Waals surface area contributed by atoms with E-state index in [9.17, 15) is 9.59 Å². The zero-order valence-electron chi connectivity index (χ0n) is 12.4. The van der Waals surface area contributed by atoms with E-state index in [1.165, 1.54) is 11.3 Å². The molecule has 0 spiro atoms. The molecule has 1 atom stereocenters. The number of amides is 2. The molecule has 0 aliphatic rings. The van der Waals surface area contributed by atoms with Crippen LogP contribution in [0.15, 0.2) is 35.7 Å². The van der Waals surface area contributed by atoms with Gasteiger partial charge in [0.15, 0.2) is 0 Å². The Morgan fingerprint density at radius 3 is 2.52 bits per heavy atom. The summed E-state index contributed by atoms with van der Waals surface area (Å²) in [6.07, 6.45) is 0.609. The van der Waals surface area contributed by atoms with Crippen LogP contribution in [0.5, 0.6) is 0 Å². The number of carbonyl (C=O) groups excluding carboxylic acids is 2. The lowest BCUT2D eigenvalue weighted by molar-refractivity contribution is -0.122. The molecule has 0 aliphatic carbocycles.